The predicted octanol–water partition coefficient (Wildman–Crippen LogP) is 5.54. The molecule has 0 saturated heterocycles. The highest BCUT2D eigenvalue weighted by molar-refractivity contribution is 9.11. The third-order valence-corrected chi connectivity index (χ3v) is 6.24. The Morgan fingerprint density at radius 3 is 2.55 bits per heavy atom. The lowest BCUT2D eigenvalue weighted by atomic mass is 10.1. The first-order valence-corrected chi connectivity index (χ1v) is 11.7. The van der Waals surface area contributed by atoms with Crippen molar-refractivity contribution in [2.75, 3.05) is 6.61 Å². The van der Waals surface area contributed by atoms with Crippen molar-refractivity contribution < 1.29 is 14.6 Å². The molecule has 0 saturated carbocycles. The fourth-order valence-corrected chi connectivity index (χ4v) is 4.64. The number of hydrogen-bond acceptors (Lipinski definition) is 5. The van der Waals surface area contributed by atoms with Gasteiger partial charge in [0, 0.05) is 10.4 Å². The zero-order chi connectivity index (χ0) is 22.7. The van der Waals surface area contributed by atoms with Crippen LogP contribution in [0.25, 0.3) is 10.9 Å². The molecule has 162 valence electrons. The average molecular weight is 616 g/mol. The summed E-state index contributed by atoms with van der Waals surface area (Å²) in [5.74, 6) is -0.0904. The maximum Gasteiger partial charge on any atom is 0.341 e. The molecular formula is C21H18Br3N3O4. The summed E-state index contributed by atoms with van der Waals surface area (Å²) in [5, 5.41) is 13.7. The first-order valence-electron chi connectivity index (χ1n) is 9.31. The fourth-order valence-electron chi connectivity index (χ4n) is 2.83. The van der Waals surface area contributed by atoms with Crippen LogP contribution in [-0.2, 0) is 4.79 Å². The molecule has 3 aromatic rings. The molecule has 0 bridgehead atoms. The molecular weight excluding hydrogens is 598 g/mol. The molecule has 0 spiro atoms. The van der Waals surface area contributed by atoms with Gasteiger partial charge in [0.2, 0.25) is 0 Å². The number of aliphatic carboxylic acids is 1. The largest absolute Gasteiger partial charge is 0.480 e. The van der Waals surface area contributed by atoms with Gasteiger partial charge in [0.25, 0.3) is 5.56 Å². The van der Waals surface area contributed by atoms with E-state index in [0.717, 1.165) is 10.9 Å². The van der Waals surface area contributed by atoms with Gasteiger partial charge in [0.1, 0.15) is 11.6 Å². The van der Waals surface area contributed by atoms with Crippen molar-refractivity contribution >= 4 is 70.9 Å². The second kappa shape index (κ2) is 10.1. The molecule has 1 aromatic heterocycles. The molecule has 10 heteroatoms. The summed E-state index contributed by atoms with van der Waals surface area (Å²) < 4.78 is 8.51. The Hall–Kier alpha value is -2.04. The van der Waals surface area contributed by atoms with E-state index in [1.807, 2.05) is 26.0 Å². The summed E-state index contributed by atoms with van der Waals surface area (Å²) in [6.07, 6.45) is 2.35. The van der Waals surface area contributed by atoms with E-state index < -0.39 is 12.6 Å². The van der Waals surface area contributed by atoms with Gasteiger partial charge in [-0.05, 0) is 74.2 Å². The fraction of sp³-hybridized carbons (Fsp3) is 0.238. The summed E-state index contributed by atoms with van der Waals surface area (Å²) in [6.45, 7) is 3.57. The Bertz CT molecular complexity index is 1220. The lowest BCUT2D eigenvalue weighted by Crippen LogP contribution is -2.23. The molecule has 0 aliphatic carbocycles. The van der Waals surface area contributed by atoms with Gasteiger partial charge < -0.3 is 9.84 Å². The Kier molecular flexibility index (Phi) is 7.66. The van der Waals surface area contributed by atoms with E-state index in [0.29, 0.717) is 37.0 Å². The van der Waals surface area contributed by atoms with Crippen LogP contribution in [0.1, 0.15) is 37.6 Å². The summed E-state index contributed by atoms with van der Waals surface area (Å²) >= 11 is 10.2. The van der Waals surface area contributed by atoms with Crippen molar-refractivity contribution in [1.29, 1.82) is 0 Å². The van der Waals surface area contributed by atoms with E-state index in [2.05, 4.69) is 57.9 Å². The normalized spacial score (nSPS) is 12.4. The number of rotatable bonds is 7. The Balaban J connectivity index is 2.07. The summed E-state index contributed by atoms with van der Waals surface area (Å²) in [7, 11) is 0. The topological polar surface area (TPSA) is 93.8 Å². The molecule has 0 radical (unpaired) electrons. The predicted molar refractivity (Wildman–Crippen MR) is 130 cm³/mol. The number of hydrogen-bond donors (Lipinski definition) is 1. The van der Waals surface area contributed by atoms with Gasteiger partial charge >= 0.3 is 5.97 Å². The van der Waals surface area contributed by atoms with Gasteiger partial charge in [-0.1, -0.05) is 29.8 Å². The first-order chi connectivity index (χ1) is 14.7. The van der Waals surface area contributed by atoms with E-state index in [-0.39, 0.29) is 11.5 Å². The molecule has 0 aliphatic rings. The number of carbonyl (C=O) groups is 1. The number of benzene rings is 2. The van der Waals surface area contributed by atoms with Gasteiger partial charge in [0.15, 0.2) is 6.61 Å². The monoisotopic (exact) mass is 613 g/mol. The maximum atomic E-state index is 13.2. The number of fused-ring (bicyclic) bond motifs is 1. The van der Waals surface area contributed by atoms with Crippen molar-refractivity contribution in [2.24, 2.45) is 5.10 Å². The molecule has 0 aliphatic heterocycles. The molecule has 1 atom stereocenters. The number of carboxylic acid groups (broad SMARTS) is 1. The highest BCUT2D eigenvalue weighted by Gasteiger charge is 2.16. The van der Waals surface area contributed by atoms with Crippen molar-refractivity contribution in [2.45, 2.75) is 26.2 Å². The van der Waals surface area contributed by atoms with E-state index >= 15 is 0 Å². The van der Waals surface area contributed by atoms with Crippen LogP contribution in [0, 0.1) is 0 Å². The number of carboxylic acids is 1. The van der Waals surface area contributed by atoms with Gasteiger partial charge in [-0.15, -0.1) is 0 Å². The van der Waals surface area contributed by atoms with Crippen LogP contribution in [0.2, 0.25) is 0 Å². The van der Waals surface area contributed by atoms with Crippen LogP contribution in [-0.4, -0.2) is 33.6 Å². The molecule has 1 heterocycles. The lowest BCUT2D eigenvalue weighted by Gasteiger charge is -2.14. The van der Waals surface area contributed by atoms with Gasteiger partial charge in [-0.2, -0.15) is 9.78 Å². The van der Waals surface area contributed by atoms with Gasteiger partial charge in [-0.3, -0.25) is 4.79 Å². The van der Waals surface area contributed by atoms with Crippen molar-refractivity contribution in [3.05, 3.63) is 65.5 Å². The van der Waals surface area contributed by atoms with E-state index in [1.165, 1.54) is 4.68 Å². The van der Waals surface area contributed by atoms with Crippen LogP contribution in [0.4, 0.5) is 0 Å². The number of aromatic nitrogens is 2. The average Bonchev–Trinajstić information content (AvgIpc) is 2.72. The van der Waals surface area contributed by atoms with Crippen molar-refractivity contribution in [3.8, 4) is 5.75 Å². The molecule has 0 unspecified atom stereocenters. The second-order valence-electron chi connectivity index (χ2n) is 6.80. The van der Waals surface area contributed by atoms with E-state index in [9.17, 15) is 9.59 Å². The number of nitrogens with zero attached hydrogens (tertiary/aromatic N) is 3. The quantitative estimate of drug-likeness (QED) is 0.352. The third kappa shape index (κ3) is 5.42. The van der Waals surface area contributed by atoms with Crippen LogP contribution in [0.5, 0.6) is 5.75 Å². The molecule has 1 N–H and O–H groups in total. The highest BCUT2D eigenvalue weighted by atomic mass is 79.9. The third-order valence-electron chi connectivity index (χ3n) is 4.57. The Morgan fingerprint density at radius 1 is 1.26 bits per heavy atom. The zero-order valence-electron chi connectivity index (χ0n) is 16.6. The Labute approximate surface area is 203 Å². The SMILES string of the molecule is CC[C@@H](C)c1nc2ccc(Br)cc2c(=O)n1N=Cc1cc(Br)c(OCC(=O)O)c(Br)c1. The number of ether oxygens (including phenoxy) is 1. The standard InChI is InChI=1S/C21H18Br3N3O4/c1-3-11(2)20-26-17-5-4-13(22)8-14(17)21(30)27(20)25-9-12-6-15(23)19(16(24)7-12)31-10-18(28)29/h4-9,11H,3,10H2,1-2H3,(H,28,29)/t11-/m1/s1. The summed E-state index contributed by atoms with van der Waals surface area (Å²) in [4.78, 5) is 28.6. The smallest absolute Gasteiger partial charge is 0.341 e. The summed E-state index contributed by atoms with van der Waals surface area (Å²) in [6, 6.07) is 8.85. The van der Waals surface area contributed by atoms with Crippen molar-refractivity contribution in [1.82, 2.24) is 9.66 Å². The first kappa shape index (κ1) is 23.6. The molecule has 7 nitrogen and oxygen atoms in total. The maximum absolute atomic E-state index is 13.2. The zero-order valence-corrected chi connectivity index (χ0v) is 21.4. The minimum atomic E-state index is -1.07. The summed E-state index contributed by atoms with van der Waals surface area (Å²) in [5.41, 5.74) is 1.05. The minimum Gasteiger partial charge on any atom is -0.480 e. The van der Waals surface area contributed by atoms with E-state index in [4.69, 9.17) is 9.84 Å². The highest BCUT2D eigenvalue weighted by Crippen LogP contribution is 2.34. The Morgan fingerprint density at radius 2 is 1.94 bits per heavy atom. The van der Waals surface area contributed by atoms with Crippen LogP contribution >= 0.6 is 47.8 Å². The second-order valence-corrected chi connectivity index (χ2v) is 9.42. The van der Waals surface area contributed by atoms with Gasteiger partial charge in [-0.25, -0.2) is 9.78 Å². The molecule has 2 aromatic carbocycles. The minimum absolute atomic E-state index is 0.0307. The molecule has 31 heavy (non-hydrogen) atoms. The van der Waals surface area contributed by atoms with E-state index in [1.54, 1.807) is 24.4 Å². The van der Waals surface area contributed by atoms with Crippen LogP contribution in [0.3, 0.4) is 0 Å². The van der Waals surface area contributed by atoms with Crippen molar-refractivity contribution in [3.63, 3.8) is 0 Å². The van der Waals surface area contributed by atoms with Crippen LogP contribution in [0.15, 0.2) is 53.6 Å². The van der Waals surface area contributed by atoms with Crippen LogP contribution < -0.4 is 10.3 Å². The lowest BCUT2D eigenvalue weighted by molar-refractivity contribution is -0.139. The van der Waals surface area contributed by atoms with Gasteiger partial charge in [0.05, 0.1) is 26.1 Å². The molecule has 3 rings (SSSR count). The molecule has 0 amide bonds. The number of halogens is 3. The molecule has 0 fully saturated rings.